The highest BCUT2D eigenvalue weighted by atomic mass is 35.5. The van der Waals surface area contributed by atoms with Gasteiger partial charge in [-0.15, -0.1) is 0 Å². The van der Waals surface area contributed by atoms with E-state index in [0.717, 1.165) is 0 Å². The second kappa shape index (κ2) is 11.0. The number of esters is 2. The van der Waals surface area contributed by atoms with Gasteiger partial charge in [-0.2, -0.15) is 0 Å². The smallest absolute Gasteiger partial charge is 0.347 e. The molecule has 0 saturated heterocycles. The summed E-state index contributed by atoms with van der Waals surface area (Å²) in [5.74, 6) is -1.50. The molecule has 27 heavy (non-hydrogen) atoms. The Morgan fingerprint density at radius 1 is 1.11 bits per heavy atom. The van der Waals surface area contributed by atoms with E-state index < -0.39 is 36.6 Å². The Kier molecular flexibility index (Phi) is 9.38. The molecule has 1 aromatic rings. The fourth-order valence-electron chi connectivity index (χ4n) is 2.13. The van der Waals surface area contributed by atoms with Crippen LogP contribution in [-0.2, 0) is 23.9 Å². The molecule has 2 atom stereocenters. The molecule has 1 aromatic carbocycles. The molecule has 1 amide bonds. The molecule has 1 N–H and O–H groups in total. The first-order chi connectivity index (χ1) is 12.6. The van der Waals surface area contributed by atoms with Crippen molar-refractivity contribution in [3.8, 4) is 5.75 Å². The molecule has 0 fully saturated rings. The average Bonchev–Trinajstić information content (AvgIpc) is 2.60. The van der Waals surface area contributed by atoms with Crippen LogP contribution in [0.4, 0.5) is 0 Å². The minimum atomic E-state index is -0.997. The van der Waals surface area contributed by atoms with Gasteiger partial charge in [0.2, 0.25) is 0 Å². The van der Waals surface area contributed by atoms with Crippen LogP contribution in [-0.4, -0.2) is 43.7 Å². The van der Waals surface area contributed by atoms with Crippen molar-refractivity contribution >= 4 is 41.0 Å². The van der Waals surface area contributed by atoms with Crippen molar-refractivity contribution in [1.29, 1.82) is 0 Å². The fourth-order valence-corrected chi connectivity index (χ4v) is 2.58. The third-order valence-electron chi connectivity index (χ3n) is 3.40. The molecule has 0 aliphatic rings. The Labute approximate surface area is 168 Å². The first-order valence-corrected chi connectivity index (χ1v) is 9.05. The summed E-state index contributed by atoms with van der Waals surface area (Å²) in [5.41, 5.74) is 0. The van der Waals surface area contributed by atoms with Crippen molar-refractivity contribution in [2.45, 2.75) is 39.3 Å². The molecule has 0 aromatic heterocycles. The van der Waals surface area contributed by atoms with Gasteiger partial charge in [-0.05, 0) is 37.5 Å². The van der Waals surface area contributed by atoms with Crippen molar-refractivity contribution in [3.05, 3.63) is 28.2 Å². The molecule has 150 valence electrons. The third-order valence-corrected chi connectivity index (χ3v) is 3.93. The maximum absolute atomic E-state index is 12.0. The summed E-state index contributed by atoms with van der Waals surface area (Å²) in [6, 6.07) is 3.76. The Morgan fingerprint density at radius 2 is 1.78 bits per heavy atom. The summed E-state index contributed by atoms with van der Waals surface area (Å²) < 4.78 is 15.0. The first kappa shape index (κ1) is 23.0. The zero-order valence-electron chi connectivity index (χ0n) is 15.6. The topological polar surface area (TPSA) is 90.9 Å². The lowest BCUT2D eigenvalue weighted by molar-refractivity contribution is -0.155. The molecular weight excluding hydrogens is 397 g/mol. The Balaban J connectivity index is 2.53. The van der Waals surface area contributed by atoms with Crippen molar-refractivity contribution in [2.75, 3.05) is 13.7 Å². The summed E-state index contributed by atoms with van der Waals surface area (Å²) in [4.78, 5) is 35.7. The highest BCUT2D eigenvalue weighted by Gasteiger charge is 2.24. The summed E-state index contributed by atoms with van der Waals surface area (Å²) in [7, 11) is 1.24. The van der Waals surface area contributed by atoms with Crippen molar-refractivity contribution in [3.63, 3.8) is 0 Å². The summed E-state index contributed by atoms with van der Waals surface area (Å²) >= 11 is 11.8. The van der Waals surface area contributed by atoms with Gasteiger partial charge in [0.05, 0.1) is 12.1 Å². The first-order valence-electron chi connectivity index (χ1n) is 8.29. The van der Waals surface area contributed by atoms with Crippen molar-refractivity contribution in [1.82, 2.24) is 5.32 Å². The van der Waals surface area contributed by atoms with Gasteiger partial charge >= 0.3 is 11.9 Å². The summed E-state index contributed by atoms with van der Waals surface area (Å²) in [6.45, 7) is 4.72. The van der Waals surface area contributed by atoms with Gasteiger partial charge in [-0.3, -0.25) is 4.79 Å². The minimum Gasteiger partial charge on any atom is -0.477 e. The summed E-state index contributed by atoms with van der Waals surface area (Å²) in [5, 5.41) is 3.17. The van der Waals surface area contributed by atoms with Gasteiger partial charge in [0, 0.05) is 5.02 Å². The van der Waals surface area contributed by atoms with Crippen LogP contribution in [0, 0.1) is 5.92 Å². The molecule has 0 heterocycles. The standard InChI is InChI=1S/C18H23Cl2NO6/c1-10(2)7-14(18(24)25-4)21-16(22)9-26-17(23)11(3)27-15-6-5-12(19)8-13(15)20/h5-6,8,10-11,14H,7,9H2,1-4H3,(H,21,22)/t11-,14-/m0/s1. The van der Waals surface area contributed by atoms with Gasteiger partial charge < -0.3 is 19.5 Å². The molecule has 0 radical (unpaired) electrons. The number of nitrogens with one attached hydrogen (secondary N) is 1. The largest absolute Gasteiger partial charge is 0.477 e. The van der Waals surface area contributed by atoms with Gasteiger partial charge in [0.1, 0.15) is 11.8 Å². The quantitative estimate of drug-likeness (QED) is 0.618. The number of methoxy groups -OCH3 is 1. The van der Waals surface area contributed by atoms with E-state index in [1.165, 1.54) is 26.2 Å². The fraction of sp³-hybridized carbons (Fsp3) is 0.500. The van der Waals surface area contributed by atoms with Gasteiger partial charge in [0.25, 0.3) is 5.91 Å². The highest BCUT2D eigenvalue weighted by Crippen LogP contribution is 2.28. The predicted molar refractivity (Wildman–Crippen MR) is 101 cm³/mol. The third kappa shape index (κ3) is 8.05. The Hall–Kier alpha value is -1.99. The van der Waals surface area contributed by atoms with E-state index in [0.29, 0.717) is 11.4 Å². The van der Waals surface area contributed by atoms with Crippen LogP contribution in [0.3, 0.4) is 0 Å². The van der Waals surface area contributed by atoms with Crippen LogP contribution in [0.25, 0.3) is 0 Å². The molecule has 0 saturated carbocycles. The zero-order chi connectivity index (χ0) is 20.6. The normalized spacial score (nSPS) is 12.9. The van der Waals surface area contributed by atoms with E-state index in [4.69, 9.17) is 32.7 Å². The molecule has 7 nitrogen and oxygen atoms in total. The number of carbonyl (C=O) groups excluding carboxylic acids is 3. The number of hydrogen-bond acceptors (Lipinski definition) is 6. The van der Waals surface area contributed by atoms with Crippen LogP contribution in [0.5, 0.6) is 5.75 Å². The predicted octanol–water partition coefficient (Wildman–Crippen LogP) is 3.01. The van der Waals surface area contributed by atoms with Gasteiger partial charge in [0.15, 0.2) is 12.7 Å². The van der Waals surface area contributed by atoms with Crippen molar-refractivity contribution < 1.29 is 28.6 Å². The van der Waals surface area contributed by atoms with E-state index in [9.17, 15) is 14.4 Å². The molecular formula is C18H23Cl2NO6. The van der Waals surface area contributed by atoms with E-state index in [-0.39, 0.29) is 16.7 Å². The molecule has 0 spiro atoms. The number of benzene rings is 1. The van der Waals surface area contributed by atoms with Crippen LogP contribution >= 0.6 is 23.2 Å². The van der Waals surface area contributed by atoms with Gasteiger partial charge in [-0.25, -0.2) is 9.59 Å². The van der Waals surface area contributed by atoms with Crippen LogP contribution in [0.15, 0.2) is 18.2 Å². The van der Waals surface area contributed by atoms with Crippen LogP contribution in [0.2, 0.25) is 10.0 Å². The lowest BCUT2D eigenvalue weighted by Crippen LogP contribution is -2.44. The van der Waals surface area contributed by atoms with Gasteiger partial charge in [-0.1, -0.05) is 37.0 Å². The van der Waals surface area contributed by atoms with E-state index in [1.54, 1.807) is 6.07 Å². The lowest BCUT2D eigenvalue weighted by atomic mass is 10.0. The number of amides is 1. The van der Waals surface area contributed by atoms with Crippen LogP contribution < -0.4 is 10.1 Å². The second-order valence-corrected chi connectivity index (χ2v) is 7.06. The molecule has 0 aliphatic heterocycles. The molecule has 0 unspecified atom stereocenters. The number of carbonyl (C=O) groups is 3. The highest BCUT2D eigenvalue weighted by molar-refractivity contribution is 6.35. The number of ether oxygens (including phenoxy) is 3. The molecule has 9 heteroatoms. The SMILES string of the molecule is COC(=O)[C@H](CC(C)C)NC(=O)COC(=O)[C@H](C)Oc1ccc(Cl)cc1Cl. The maximum Gasteiger partial charge on any atom is 0.347 e. The lowest BCUT2D eigenvalue weighted by Gasteiger charge is -2.19. The second-order valence-electron chi connectivity index (χ2n) is 6.22. The van der Waals surface area contributed by atoms with Crippen molar-refractivity contribution in [2.24, 2.45) is 5.92 Å². The molecule has 0 aliphatic carbocycles. The van der Waals surface area contributed by atoms with E-state index >= 15 is 0 Å². The number of halogens is 2. The molecule has 0 bridgehead atoms. The van der Waals surface area contributed by atoms with E-state index in [1.807, 2.05) is 13.8 Å². The number of rotatable bonds is 9. The Bertz CT molecular complexity index is 680. The Morgan fingerprint density at radius 3 is 2.33 bits per heavy atom. The molecule has 1 rings (SSSR count). The number of hydrogen-bond donors (Lipinski definition) is 1. The van der Waals surface area contributed by atoms with Crippen LogP contribution in [0.1, 0.15) is 27.2 Å². The zero-order valence-corrected chi connectivity index (χ0v) is 17.1. The van der Waals surface area contributed by atoms with E-state index in [2.05, 4.69) is 10.1 Å². The maximum atomic E-state index is 12.0. The monoisotopic (exact) mass is 419 g/mol. The minimum absolute atomic E-state index is 0.162. The average molecular weight is 420 g/mol. The summed E-state index contributed by atoms with van der Waals surface area (Å²) in [6.07, 6.45) is -0.593.